The molecular formula is C20H18N2O3S2. The fraction of sp³-hybridized carbons (Fsp3) is 0.250. The summed E-state index contributed by atoms with van der Waals surface area (Å²) in [7, 11) is 0. The summed E-state index contributed by atoms with van der Waals surface area (Å²) in [5.74, 6) is 1.37. The number of anilines is 1. The fourth-order valence-corrected chi connectivity index (χ4v) is 5.39. The summed E-state index contributed by atoms with van der Waals surface area (Å²) in [6.45, 7) is -0.366. The van der Waals surface area contributed by atoms with Gasteiger partial charge in [-0.3, -0.25) is 4.79 Å². The molecule has 7 heteroatoms. The van der Waals surface area contributed by atoms with Crippen LogP contribution in [-0.4, -0.2) is 30.0 Å². The Bertz CT molecular complexity index is 839. The highest BCUT2D eigenvalue weighted by atomic mass is 32.2. The Morgan fingerprint density at radius 2 is 1.74 bits per heavy atom. The van der Waals surface area contributed by atoms with Crippen molar-refractivity contribution in [1.82, 2.24) is 0 Å². The van der Waals surface area contributed by atoms with Gasteiger partial charge in [0, 0.05) is 5.69 Å². The summed E-state index contributed by atoms with van der Waals surface area (Å²) in [5.41, 5.74) is 2.67. The molecule has 0 radical (unpaired) electrons. The van der Waals surface area contributed by atoms with Crippen LogP contribution in [0.2, 0.25) is 0 Å². The first kappa shape index (κ1) is 19.3. The van der Waals surface area contributed by atoms with Crippen molar-refractivity contribution in [3.8, 4) is 6.07 Å². The Hall–Kier alpha value is -2.43. The zero-order valence-corrected chi connectivity index (χ0v) is 16.1. The molecule has 2 aromatic rings. The summed E-state index contributed by atoms with van der Waals surface area (Å²) in [6, 6.07) is 15.8. The molecule has 3 rings (SSSR count). The van der Waals surface area contributed by atoms with Crippen LogP contribution in [0.15, 0.2) is 48.5 Å². The van der Waals surface area contributed by atoms with Gasteiger partial charge in [0.2, 0.25) is 0 Å². The molecule has 1 N–H and O–H groups in total. The third-order valence-electron chi connectivity index (χ3n) is 3.88. The number of thioether (sulfide) groups is 2. The first-order valence-corrected chi connectivity index (χ1v) is 10.6. The third kappa shape index (κ3) is 5.52. The molecule has 1 aliphatic rings. The fourth-order valence-electron chi connectivity index (χ4n) is 2.50. The zero-order chi connectivity index (χ0) is 19.1. The number of nitrogens with zero attached hydrogens (tertiary/aromatic N) is 1. The second-order valence-electron chi connectivity index (χ2n) is 5.86. The van der Waals surface area contributed by atoms with Crippen LogP contribution < -0.4 is 5.32 Å². The highest BCUT2D eigenvalue weighted by Gasteiger charge is 2.17. The highest BCUT2D eigenvalue weighted by Crippen LogP contribution is 2.43. The molecule has 0 saturated carbocycles. The second-order valence-corrected chi connectivity index (χ2v) is 8.59. The van der Waals surface area contributed by atoms with E-state index in [4.69, 9.17) is 10.00 Å². The van der Waals surface area contributed by atoms with E-state index in [9.17, 15) is 9.59 Å². The van der Waals surface area contributed by atoms with Gasteiger partial charge in [0.15, 0.2) is 6.61 Å². The quantitative estimate of drug-likeness (QED) is 0.760. The number of hydrogen-bond donors (Lipinski definition) is 1. The number of amides is 1. The molecule has 1 heterocycles. The Labute approximate surface area is 166 Å². The van der Waals surface area contributed by atoms with Crippen LogP contribution in [0.5, 0.6) is 0 Å². The molecule has 0 unspecified atom stereocenters. The van der Waals surface area contributed by atoms with E-state index in [1.165, 1.54) is 12.0 Å². The maximum atomic E-state index is 12.1. The van der Waals surface area contributed by atoms with Crippen molar-refractivity contribution < 1.29 is 14.3 Å². The lowest BCUT2D eigenvalue weighted by atomic mass is 10.1. The van der Waals surface area contributed by atoms with Crippen LogP contribution in [0.3, 0.4) is 0 Å². The molecule has 5 nitrogen and oxygen atoms in total. The van der Waals surface area contributed by atoms with Gasteiger partial charge in [-0.05, 0) is 59.9 Å². The minimum atomic E-state index is -0.527. The molecule has 0 bridgehead atoms. The average molecular weight is 399 g/mol. The normalized spacial score (nSPS) is 14.2. The lowest BCUT2D eigenvalue weighted by molar-refractivity contribution is -0.119. The number of rotatable bonds is 5. The topological polar surface area (TPSA) is 79.2 Å². The Morgan fingerprint density at radius 3 is 2.37 bits per heavy atom. The summed E-state index contributed by atoms with van der Waals surface area (Å²) >= 11 is 3.85. The number of esters is 1. The van der Waals surface area contributed by atoms with Gasteiger partial charge >= 0.3 is 5.97 Å². The van der Waals surface area contributed by atoms with Crippen molar-refractivity contribution in [1.29, 1.82) is 5.26 Å². The molecule has 1 aliphatic heterocycles. The molecule has 0 aromatic heterocycles. The SMILES string of the molecule is N#Cc1ccc(NC(=O)COC(=O)c2ccc(C3SCCCS3)cc2)cc1. The van der Waals surface area contributed by atoms with Crippen LogP contribution in [0.25, 0.3) is 0 Å². The molecule has 138 valence electrons. The predicted octanol–water partition coefficient (Wildman–Crippen LogP) is 4.22. The molecule has 0 aliphatic carbocycles. The Balaban J connectivity index is 1.49. The summed E-state index contributed by atoms with van der Waals surface area (Å²) in [4.78, 5) is 24.0. The molecule has 0 spiro atoms. The number of benzene rings is 2. The van der Waals surface area contributed by atoms with E-state index in [-0.39, 0.29) is 6.61 Å². The van der Waals surface area contributed by atoms with Crippen molar-refractivity contribution in [3.05, 3.63) is 65.2 Å². The Kier molecular flexibility index (Phi) is 6.80. The van der Waals surface area contributed by atoms with Crippen molar-refractivity contribution in [2.75, 3.05) is 23.4 Å². The van der Waals surface area contributed by atoms with Gasteiger partial charge in [-0.25, -0.2) is 4.79 Å². The van der Waals surface area contributed by atoms with Gasteiger partial charge in [-0.15, -0.1) is 23.5 Å². The van der Waals surface area contributed by atoms with E-state index in [2.05, 4.69) is 5.32 Å². The number of carbonyl (C=O) groups is 2. The maximum absolute atomic E-state index is 12.1. The van der Waals surface area contributed by atoms with Gasteiger partial charge in [-0.1, -0.05) is 12.1 Å². The van der Waals surface area contributed by atoms with Crippen LogP contribution in [0, 0.1) is 11.3 Å². The maximum Gasteiger partial charge on any atom is 0.338 e. The monoisotopic (exact) mass is 398 g/mol. The van der Waals surface area contributed by atoms with E-state index in [0.717, 1.165) is 11.5 Å². The molecule has 2 aromatic carbocycles. The third-order valence-corrected chi connectivity index (χ3v) is 6.89. The van der Waals surface area contributed by atoms with E-state index < -0.39 is 11.9 Å². The number of ether oxygens (including phenoxy) is 1. The lowest BCUT2D eigenvalue weighted by Crippen LogP contribution is -2.20. The van der Waals surface area contributed by atoms with E-state index in [1.807, 2.05) is 41.7 Å². The zero-order valence-electron chi connectivity index (χ0n) is 14.5. The van der Waals surface area contributed by atoms with Crippen molar-refractivity contribution >= 4 is 41.1 Å². The molecule has 1 saturated heterocycles. The summed E-state index contributed by atoms with van der Waals surface area (Å²) in [5, 5.41) is 11.4. The number of hydrogen-bond acceptors (Lipinski definition) is 6. The van der Waals surface area contributed by atoms with Crippen LogP contribution in [0.4, 0.5) is 5.69 Å². The standard InChI is InChI=1S/C20H18N2O3S2/c21-12-14-2-8-17(9-3-14)22-18(23)13-25-19(24)15-4-6-16(7-5-15)20-26-10-1-11-27-20/h2-9,20H,1,10-11,13H2,(H,22,23). The van der Waals surface area contributed by atoms with Gasteiger partial charge in [0.05, 0.1) is 21.8 Å². The first-order valence-electron chi connectivity index (χ1n) is 8.46. The summed E-state index contributed by atoms with van der Waals surface area (Å²) in [6.07, 6.45) is 1.24. The van der Waals surface area contributed by atoms with Gasteiger partial charge in [-0.2, -0.15) is 5.26 Å². The van der Waals surface area contributed by atoms with Gasteiger partial charge in [0.25, 0.3) is 5.91 Å². The van der Waals surface area contributed by atoms with Gasteiger partial charge in [0.1, 0.15) is 0 Å². The van der Waals surface area contributed by atoms with Crippen molar-refractivity contribution in [2.24, 2.45) is 0 Å². The molecule has 27 heavy (non-hydrogen) atoms. The predicted molar refractivity (Wildman–Crippen MR) is 109 cm³/mol. The van der Waals surface area contributed by atoms with Crippen LogP contribution in [0.1, 0.15) is 32.5 Å². The minimum Gasteiger partial charge on any atom is -0.452 e. The second kappa shape index (κ2) is 9.49. The molecule has 1 amide bonds. The van der Waals surface area contributed by atoms with Gasteiger partial charge < -0.3 is 10.1 Å². The Morgan fingerprint density at radius 1 is 1.07 bits per heavy atom. The number of carbonyl (C=O) groups excluding carboxylic acids is 2. The smallest absolute Gasteiger partial charge is 0.338 e. The minimum absolute atomic E-state index is 0.366. The van der Waals surface area contributed by atoms with Crippen molar-refractivity contribution in [2.45, 2.75) is 11.0 Å². The van der Waals surface area contributed by atoms with Crippen molar-refractivity contribution in [3.63, 3.8) is 0 Å². The molecular weight excluding hydrogens is 380 g/mol. The van der Waals surface area contributed by atoms with Crippen LogP contribution >= 0.6 is 23.5 Å². The highest BCUT2D eigenvalue weighted by molar-refractivity contribution is 8.16. The molecule has 1 fully saturated rings. The van der Waals surface area contributed by atoms with E-state index in [0.29, 0.717) is 21.4 Å². The van der Waals surface area contributed by atoms with Crippen LogP contribution in [-0.2, 0) is 9.53 Å². The average Bonchev–Trinajstić information content (AvgIpc) is 2.73. The first-order chi connectivity index (χ1) is 13.2. The number of nitrogens with one attached hydrogen (secondary N) is 1. The molecule has 0 atom stereocenters. The van der Waals surface area contributed by atoms with E-state index >= 15 is 0 Å². The van der Waals surface area contributed by atoms with E-state index in [1.54, 1.807) is 36.4 Å². The number of nitriles is 1. The largest absolute Gasteiger partial charge is 0.452 e. The lowest BCUT2D eigenvalue weighted by Gasteiger charge is -2.21. The summed E-state index contributed by atoms with van der Waals surface area (Å²) < 4.78 is 5.50.